The topological polar surface area (TPSA) is 3.24 Å². The number of nitrogens with zero attached hydrogens (tertiary/aromatic N) is 1. The Balaban J connectivity index is 2.17. The van der Waals surface area contributed by atoms with Crippen LogP contribution in [0.15, 0.2) is 30.3 Å². The van der Waals surface area contributed by atoms with E-state index in [0.717, 1.165) is 12.4 Å². The Morgan fingerprint density at radius 1 is 1.33 bits per heavy atom. The van der Waals surface area contributed by atoms with Crippen molar-refractivity contribution >= 4 is 11.6 Å². The summed E-state index contributed by atoms with van der Waals surface area (Å²) in [7, 11) is 2.19. The minimum Gasteiger partial charge on any atom is -0.306 e. The summed E-state index contributed by atoms with van der Waals surface area (Å²) in [6.07, 6.45) is 1.22. The molecule has 1 aliphatic heterocycles. The summed E-state index contributed by atoms with van der Waals surface area (Å²) in [5, 5.41) is 0. The van der Waals surface area contributed by atoms with E-state index < -0.39 is 0 Å². The maximum absolute atomic E-state index is 6.05. The van der Waals surface area contributed by atoms with Crippen LogP contribution in [0.5, 0.6) is 0 Å². The molecule has 0 radical (unpaired) electrons. The molecule has 15 heavy (non-hydrogen) atoms. The van der Waals surface area contributed by atoms with E-state index in [0.29, 0.717) is 11.8 Å². The molecule has 1 nitrogen and oxygen atoms in total. The van der Waals surface area contributed by atoms with Gasteiger partial charge in [0.25, 0.3) is 0 Å². The minimum absolute atomic E-state index is 0.613. The van der Waals surface area contributed by atoms with Gasteiger partial charge in [0, 0.05) is 18.3 Å². The molecule has 0 saturated carbocycles. The number of likely N-dealkylation sites (tertiary alicyclic amines) is 1. The Labute approximate surface area is 97.0 Å². The molecule has 0 N–H and O–H groups in total. The predicted octanol–water partition coefficient (Wildman–Crippen LogP) is 2.96. The van der Waals surface area contributed by atoms with Gasteiger partial charge in [0.15, 0.2) is 0 Å². The monoisotopic (exact) mass is 223 g/mol. The van der Waals surface area contributed by atoms with Crippen LogP contribution in [-0.4, -0.2) is 30.9 Å². The molecule has 2 atom stereocenters. The number of likely N-dealkylation sites (N-methyl/N-ethyl adjacent to an activating group) is 1. The first-order valence-corrected chi connectivity index (χ1v) is 6.14. The van der Waals surface area contributed by atoms with E-state index in [9.17, 15) is 0 Å². The smallest absolute Gasteiger partial charge is 0.0258 e. The summed E-state index contributed by atoms with van der Waals surface area (Å²) < 4.78 is 0. The van der Waals surface area contributed by atoms with Gasteiger partial charge in [-0.2, -0.15) is 0 Å². The predicted molar refractivity (Wildman–Crippen MR) is 65.5 cm³/mol. The van der Waals surface area contributed by atoms with Gasteiger partial charge in [0.1, 0.15) is 0 Å². The summed E-state index contributed by atoms with van der Waals surface area (Å²) in [4.78, 5) is 2.40. The van der Waals surface area contributed by atoms with Gasteiger partial charge >= 0.3 is 0 Å². The Morgan fingerprint density at radius 2 is 2.07 bits per heavy atom. The molecule has 0 spiro atoms. The number of benzene rings is 1. The molecule has 1 aliphatic rings. The zero-order valence-corrected chi connectivity index (χ0v) is 9.95. The number of alkyl halides is 1. The van der Waals surface area contributed by atoms with Crippen molar-refractivity contribution in [3.05, 3.63) is 35.9 Å². The quantitative estimate of drug-likeness (QED) is 0.697. The number of hydrogen-bond acceptors (Lipinski definition) is 1. The van der Waals surface area contributed by atoms with Gasteiger partial charge in [0.05, 0.1) is 0 Å². The van der Waals surface area contributed by atoms with E-state index in [-0.39, 0.29) is 0 Å². The van der Waals surface area contributed by atoms with Crippen LogP contribution in [0.3, 0.4) is 0 Å². The molecule has 82 valence electrons. The van der Waals surface area contributed by atoms with Crippen LogP contribution < -0.4 is 0 Å². The average molecular weight is 224 g/mol. The highest BCUT2D eigenvalue weighted by Gasteiger charge is 2.27. The van der Waals surface area contributed by atoms with E-state index >= 15 is 0 Å². The van der Waals surface area contributed by atoms with E-state index in [1.54, 1.807) is 0 Å². The molecule has 1 aromatic carbocycles. The number of hydrogen-bond donors (Lipinski definition) is 0. The molecule has 0 aliphatic carbocycles. The van der Waals surface area contributed by atoms with Crippen LogP contribution >= 0.6 is 11.6 Å². The van der Waals surface area contributed by atoms with Crippen LogP contribution in [-0.2, 0) is 0 Å². The summed E-state index contributed by atoms with van der Waals surface area (Å²) in [5.74, 6) is 2.04. The van der Waals surface area contributed by atoms with Crippen LogP contribution in [0, 0.1) is 5.92 Å². The molecule has 0 bridgehead atoms. The Bertz CT molecular complexity index is 299. The van der Waals surface area contributed by atoms with Crippen molar-refractivity contribution in [2.45, 2.75) is 12.3 Å². The standard InChI is InChI=1S/C13H18ClN/c1-15-8-7-12(9-14)13(10-15)11-5-3-2-4-6-11/h2-6,12-13H,7-10H2,1H3/t12-,13-/m0/s1. The van der Waals surface area contributed by atoms with Gasteiger partial charge in [-0.25, -0.2) is 0 Å². The summed E-state index contributed by atoms with van der Waals surface area (Å²) in [6, 6.07) is 10.8. The van der Waals surface area contributed by atoms with Crippen molar-refractivity contribution in [1.29, 1.82) is 0 Å². The van der Waals surface area contributed by atoms with E-state index in [1.807, 2.05) is 0 Å². The molecule has 1 saturated heterocycles. The number of piperidine rings is 1. The van der Waals surface area contributed by atoms with E-state index in [1.165, 1.54) is 18.5 Å². The third-order valence-electron chi connectivity index (χ3n) is 3.38. The Morgan fingerprint density at radius 3 is 2.73 bits per heavy atom. The lowest BCUT2D eigenvalue weighted by Gasteiger charge is -2.36. The molecule has 2 rings (SSSR count). The van der Waals surface area contributed by atoms with Gasteiger partial charge in [-0.15, -0.1) is 11.6 Å². The molecular formula is C13H18ClN. The summed E-state index contributed by atoms with van der Waals surface area (Å²) >= 11 is 6.05. The molecule has 1 fully saturated rings. The lowest BCUT2D eigenvalue weighted by Crippen LogP contribution is -2.37. The van der Waals surface area contributed by atoms with Gasteiger partial charge < -0.3 is 4.90 Å². The van der Waals surface area contributed by atoms with Gasteiger partial charge in [0.2, 0.25) is 0 Å². The third-order valence-corrected chi connectivity index (χ3v) is 3.78. The highest BCUT2D eigenvalue weighted by molar-refractivity contribution is 6.18. The van der Waals surface area contributed by atoms with Crippen LogP contribution in [0.25, 0.3) is 0 Å². The summed E-state index contributed by atoms with van der Waals surface area (Å²) in [6.45, 7) is 2.32. The number of rotatable bonds is 2. The molecule has 1 heterocycles. The first kappa shape index (κ1) is 11.0. The Hall–Kier alpha value is -0.530. The molecule has 2 heteroatoms. The van der Waals surface area contributed by atoms with E-state index in [2.05, 4.69) is 42.3 Å². The molecular weight excluding hydrogens is 206 g/mol. The fraction of sp³-hybridized carbons (Fsp3) is 0.538. The van der Waals surface area contributed by atoms with Gasteiger partial charge in [-0.3, -0.25) is 0 Å². The first-order valence-electron chi connectivity index (χ1n) is 5.60. The zero-order chi connectivity index (χ0) is 10.7. The maximum Gasteiger partial charge on any atom is 0.0258 e. The zero-order valence-electron chi connectivity index (χ0n) is 9.20. The molecule has 1 aromatic rings. The van der Waals surface area contributed by atoms with Crippen LogP contribution in [0.2, 0.25) is 0 Å². The lowest BCUT2D eigenvalue weighted by molar-refractivity contribution is 0.201. The van der Waals surface area contributed by atoms with E-state index in [4.69, 9.17) is 11.6 Å². The van der Waals surface area contributed by atoms with Gasteiger partial charge in [-0.05, 0) is 31.5 Å². The molecule has 0 aromatic heterocycles. The third kappa shape index (κ3) is 2.53. The molecule has 0 unspecified atom stereocenters. The second-order valence-corrected chi connectivity index (χ2v) is 4.79. The first-order chi connectivity index (χ1) is 7.31. The highest BCUT2D eigenvalue weighted by atomic mass is 35.5. The SMILES string of the molecule is CN1CC[C@@H](CCl)[C@H](c2ccccc2)C1. The van der Waals surface area contributed by atoms with Crippen molar-refractivity contribution in [3.8, 4) is 0 Å². The molecule has 0 amide bonds. The lowest BCUT2D eigenvalue weighted by atomic mass is 9.82. The second-order valence-electron chi connectivity index (χ2n) is 4.48. The van der Waals surface area contributed by atoms with Crippen molar-refractivity contribution in [2.24, 2.45) is 5.92 Å². The van der Waals surface area contributed by atoms with Crippen molar-refractivity contribution < 1.29 is 0 Å². The average Bonchev–Trinajstić information content (AvgIpc) is 2.30. The summed E-state index contributed by atoms with van der Waals surface area (Å²) in [5.41, 5.74) is 1.44. The largest absolute Gasteiger partial charge is 0.306 e. The van der Waals surface area contributed by atoms with Gasteiger partial charge in [-0.1, -0.05) is 30.3 Å². The second kappa shape index (κ2) is 5.00. The Kier molecular flexibility index (Phi) is 3.66. The van der Waals surface area contributed by atoms with Crippen LogP contribution in [0.4, 0.5) is 0 Å². The highest BCUT2D eigenvalue weighted by Crippen LogP contribution is 2.32. The normalized spacial score (nSPS) is 27.9. The maximum atomic E-state index is 6.05. The van der Waals surface area contributed by atoms with Crippen molar-refractivity contribution in [2.75, 3.05) is 26.0 Å². The van der Waals surface area contributed by atoms with Crippen molar-refractivity contribution in [3.63, 3.8) is 0 Å². The van der Waals surface area contributed by atoms with Crippen LogP contribution in [0.1, 0.15) is 17.9 Å². The fourth-order valence-electron chi connectivity index (χ4n) is 2.43. The fourth-order valence-corrected chi connectivity index (χ4v) is 2.80. The van der Waals surface area contributed by atoms with Crippen molar-refractivity contribution in [1.82, 2.24) is 4.90 Å². The minimum atomic E-state index is 0.613. The number of halogens is 1.